The van der Waals surface area contributed by atoms with Crippen LogP contribution in [0.1, 0.15) is 0 Å². The molecule has 1 fully saturated rings. The zero-order valence-electron chi connectivity index (χ0n) is 17.3. The van der Waals surface area contributed by atoms with E-state index in [0.717, 1.165) is 12.3 Å². The van der Waals surface area contributed by atoms with Gasteiger partial charge in [-0.25, -0.2) is 0 Å². The fourth-order valence-corrected chi connectivity index (χ4v) is 3.66. The van der Waals surface area contributed by atoms with E-state index in [-0.39, 0.29) is 45.1 Å². The molecule has 0 unspecified atom stereocenters. The molecule has 2 heterocycles. The minimum Gasteiger partial charge on any atom is -0.508 e. The number of fused-ring (bicyclic) bond motifs is 1. The third-order valence-corrected chi connectivity index (χ3v) is 5.41. The smallest absolute Gasteiger partial charge is 0.229 e. The molecule has 3 aromatic rings. The first kappa shape index (κ1) is 22.8. The number of benzene rings is 2. The number of methoxy groups -OCH3 is 1. The van der Waals surface area contributed by atoms with E-state index in [4.69, 9.17) is 18.6 Å². The number of rotatable bonds is 5. The topological polar surface area (TPSA) is 179 Å². The van der Waals surface area contributed by atoms with Crippen molar-refractivity contribution < 1.29 is 49.3 Å². The average Bonchev–Trinajstić information content (AvgIpc) is 2.79. The first-order valence-electron chi connectivity index (χ1n) is 9.88. The van der Waals surface area contributed by atoms with Gasteiger partial charge in [0, 0.05) is 23.8 Å². The van der Waals surface area contributed by atoms with E-state index in [0.29, 0.717) is 0 Å². The number of ether oxygens (including phenoxy) is 3. The van der Waals surface area contributed by atoms with Crippen LogP contribution < -0.4 is 14.9 Å². The van der Waals surface area contributed by atoms with Crippen LogP contribution in [-0.2, 0) is 4.74 Å². The van der Waals surface area contributed by atoms with E-state index in [2.05, 4.69) is 0 Å². The fourth-order valence-electron chi connectivity index (χ4n) is 3.66. The van der Waals surface area contributed by atoms with E-state index in [1.54, 1.807) is 0 Å². The zero-order chi connectivity index (χ0) is 23.9. The first-order chi connectivity index (χ1) is 15.7. The molecule has 1 aromatic heterocycles. The Kier molecular flexibility index (Phi) is 6.15. The fraction of sp³-hybridized carbons (Fsp3) is 0.318. The molecule has 0 spiro atoms. The van der Waals surface area contributed by atoms with Gasteiger partial charge in [0.25, 0.3) is 0 Å². The standard InChI is InChI=1S/C22H22O11/c1-30-14-4-9(24)5-15-17(14)18(26)12(8-31-15)11-3-2-10(6-13(11)25)32-22-21(29)20(28)19(27)16(7-23)33-22/h2-6,8,16,19-25,27-29H,7H2,1H3/t16-,19-,20+,21-,22-/m1/s1. The summed E-state index contributed by atoms with van der Waals surface area (Å²) in [5.41, 5.74) is -0.279. The number of hydrogen-bond donors (Lipinski definition) is 6. The molecule has 0 radical (unpaired) electrons. The van der Waals surface area contributed by atoms with Crippen LogP contribution in [0.4, 0.5) is 0 Å². The number of aromatic hydroxyl groups is 2. The molecule has 0 amide bonds. The largest absolute Gasteiger partial charge is 0.508 e. The molecule has 2 aromatic carbocycles. The van der Waals surface area contributed by atoms with Gasteiger partial charge in [-0.05, 0) is 12.1 Å². The lowest BCUT2D eigenvalue weighted by atomic mass is 9.99. The third-order valence-electron chi connectivity index (χ3n) is 5.41. The quantitative estimate of drug-likeness (QED) is 0.302. The highest BCUT2D eigenvalue weighted by atomic mass is 16.7. The lowest BCUT2D eigenvalue weighted by molar-refractivity contribution is -0.277. The molecule has 4 rings (SSSR count). The average molecular weight is 462 g/mol. The van der Waals surface area contributed by atoms with Gasteiger partial charge in [-0.2, -0.15) is 0 Å². The Balaban J connectivity index is 1.66. The highest BCUT2D eigenvalue weighted by Gasteiger charge is 2.44. The van der Waals surface area contributed by atoms with E-state index >= 15 is 0 Å². The summed E-state index contributed by atoms with van der Waals surface area (Å²) in [6.45, 7) is -0.617. The Morgan fingerprint density at radius 1 is 1.00 bits per heavy atom. The van der Waals surface area contributed by atoms with Gasteiger partial charge in [-0.1, -0.05) is 0 Å². The minimum atomic E-state index is -1.62. The summed E-state index contributed by atoms with van der Waals surface area (Å²) in [5, 5.41) is 59.5. The molecule has 0 saturated carbocycles. The summed E-state index contributed by atoms with van der Waals surface area (Å²) < 4.78 is 21.4. The summed E-state index contributed by atoms with van der Waals surface area (Å²) in [6, 6.07) is 6.45. The molecular formula is C22H22O11. The van der Waals surface area contributed by atoms with E-state index < -0.39 is 42.7 Å². The number of hydrogen-bond acceptors (Lipinski definition) is 11. The van der Waals surface area contributed by atoms with Crippen LogP contribution in [0.2, 0.25) is 0 Å². The molecule has 6 N–H and O–H groups in total. The van der Waals surface area contributed by atoms with Crippen LogP contribution in [0.5, 0.6) is 23.0 Å². The van der Waals surface area contributed by atoms with Crippen LogP contribution in [-0.4, -0.2) is 75.1 Å². The van der Waals surface area contributed by atoms with Crippen molar-refractivity contribution in [3.63, 3.8) is 0 Å². The molecule has 1 saturated heterocycles. The van der Waals surface area contributed by atoms with Crippen LogP contribution in [0.3, 0.4) is 0 Å². The monoisotopic (exact) mass is 462 g/mol. The Morgan fingerprint density at radius 2 is 1.76 bits per heavy atom. The zero-order valence-corrected chi connectivity index (χ0v) is 17.3. The number of phenolic OH excluding ortho intramolecular Hbond substituents is 2. The lowest BCUT2D eigenvalue weighted by Crippen LogP contribution is -2.60. The predicted octanol–water partition coefficient (Wildman–Crippen LogP) is 0.0585. The summed E-state index contributed by atoms with van der Waals surface area (Å²) in [7, 11) is 1.34. The van der Waals surface area contributed by atoms with Crippen LogP contribution >= 0.6 is 0 Å². The molecule has 0 aliphatic carbocycles. The van der Waals surface area contributed by atoms with Gasteiger partial charge in [0.1, 0.15) is 64.6 Å². The molecule has 11 nitrogen and oxygen atoms in total. The van der Waals surface area contributed by atoms with Crippen LogP contribution in [0.15, 0.2) is 45.8 Å². The van der Waals surface area contributed by atoms with Gasteiger partial charge in [0.2, 0.25) is 11.7 Å². The van der Waals surface area contributed by atoms with Gasteiger partial charge in [0.15, 0.2) is 0 Å². The van der Waals surface area contributed by atoms with Gasteiger partial charge >= 0.3 is 0 Å². The maximum absolute atomic E-state index is 13.1. The summed E-state index contributed by atoms with van der Waals surface area (Å²) in [5.74, 6) is -0.384. The Morgan fingerprint density at radius 3 is 2.42 bits per heavy atom. The van der Waals surface area contributed by atoms with Gasteiger partial charge < -0.3 is 49.3 Å². The number of aliphatic hydroxyl groups is 4. The predicted molar refractivity (Wildman–Crippen MR) is 112 cm³/mol. The maximum atomic E-state index is 13.1. The van der Waals surface area contributed by atoms with Crippen molar-refractivity contribution >= 4 is 11.0 Å². The van der Waals surface area contributed by atoms with Gasteiger partial charge in [-0.3, -0.25) is 4.79 Å². The Bertz CT molecular complexity index is 1220. The summed E-state index contributed by atoms with van der Waals surface area (Å²) >= 11 is 0. The second-order valence-electron chi connectivity index (χ2n) is 7.49. The number of phenols is 2. The van der Waals surface area contributed by atoms with Crippen LogP contribution in [0, 0.1) is 0 Å². The highest BCUT2D eigenvalue weighted by Crippen LogP contribution is 2.35. The second kappa shape index (κ2) is 8.89. The second-order valence-corrected chi connectivity index (χ2v) is 7.49. The Labute approximate surface area is 186 Å². The van der Waals surface area contributed by atoms with Crippen LogP contribution in [0.25, 0.3) is 22.1 Å². The van der Waals surface area contributed by atoms with Crippen molar-refractivity contribution in [2.45, 2.75) is 30.7 Å². The molecule has 33 heavy (non-hydrogen) atoms. The molecule has 0 bridgehead atoms. The SMILES string of the molecule is COc1cc(O)cc2occ(-c3ccc(O[C@@H]4O[C@H](CO)[C@@H](O)[C@H](O)[C@H]4O)cc3O)c(=O)c12. The minimum absolute atomic E-state index is 0.0170. The van der Waals surface area contributed by atoms with E-state index in [1.807, 2.05) is 0 Å². The molecular weight excluding hydrogens is 440 g/mol. The normalized spacial score (nSPS) is 25.2. The molecule has 176 valence electrons. The maximum Gasteiger partial charge on any atom is 0.229 e. The third kappa shape index (κ3) is 4.08. The highest BCUT2D eigenvalue weighted by molar-refractivity contribution is 5.89. The molecule has 1 aliphatic heterocycles. The van der Waals surface area contributed by atoms with Gasteiger partial charge in [-0.15, -0.1) is 0 Å². The van der Waals surface area contributed by atoms with Crippen molar-refractivity contribution in [2.24, 2.45) is 0 Å². The molecule has 1 aliphatic rings. The first-order valence-corrected chi connectivity index (χ1v) is 9.88. The van der Waals surface area contributed by atoms with Crippen molar-refractivity contribution in [1.29, 1.82) is 0 Å². The number of aliphatic hydroxyl groups excluding tert-OH is 4. The van der Waals surface area contributed by atoms with Gasteiger partial charge in [0.05, 0.1) is 19.3 Å². The summed E-state index contributed by atoms with van der Waals surface area (Å²) in [6.07, 6.45) is -6.24. The van der Waals surface area contributed by atoms with E-state index in [9.17, 15) is 35.4 Å². The summed E-state index contributed by atoms with van der Waals surface area (Å²) in [4.78, 5) is 13.1. The lowest BCUT2D eigenvalue weighted by Gasteiger charge is -2.39. The van der Waals surface area contributed by atoms with Crippen molar-refractivity contribution in [3.8, 4) is 34.1 Å². The molecule has 11 heteroatoms. The molecule has 5 atom stereocenters. The Hall–Kier alpha value is -3.35. The van der Waals surface area contributed by atoms with E-state index in [1.165, 1.54) is 31.4 Å². The van der Waals surface area contributed by atoms with Crippen molar-refractivity contribution in [2.75, 3.05) is 13.7 Å². The van der Waals surface area contributed by atoms with Crippen molar-refractivity contribution in [1.82, 2.24) is 0 Å². The van der Waals surface area contributed by atoms with Crippen molar-refractivity contribution in [3.05, 3.63) is 46.8 Å².